The molecule has 0 N–H and O–H groups in total. The van der Waals surface area contributed by atoms with Crippen molar-refractivity contribution in [3.05, 3.63) is 29.6 Å². The standard InChI is InChI=1S/C14H19ClN2O/c1-10-9-16-6-3-13(10)14(18)17-7-4-12(5-8-17)11(2)15/h3,6,9,11-12H,4-5,7-8H2,1-2H3. The van der Waals surface area contributed by atoms with Gasteiger partial charge in [0.1, 0.15) is 0 Å². The van der Waals surface area contributed by atoms with Crippen molar-refractivity contribution < 1.29 is 4.79 Å². The lowest BCUT2D eigenvalue weighted by molar-refractivity contribution is 0.0689. The van der Waals surface area contributed by atoms with E-state index in [0.29, 0.717) is 5.92 Å². The molecule has 1 aromatic rings. The Balaban J connectivity index is 2.02. The molecule has 2 heterocycles. The molecule has 3 nitrogen and oxygen atoms in total. The van der Waals surface area contributed by atoms with Gasteiger partial charge in [0, 0.05) is 36.4 Å². The van der Waals surface area contributed by atoms with Crippen LogP contribution in [0.15, 0.2) is 18.5 Å². The molecule has 0 saturated carbocycles. The Hall–Kier alpha value is -1.09. The highest BCUT2D eigenvalue weighted by atomic mass is 35.5. The Labute approximate surface area is 113 Å². The van der Waals surface area contributed by atoms with E-state index in [1.165, 1.54) is 0 Å². The topological polar surface area (TPSA) is 33.2 Å². The molecule has 0 aliphatic carbocycles. The number of nitrogens with zero attached hydrogens (tertiary/aromatic N) is 2. The van der Waals surface area contributed by atoms with Gasteiger partial charge in [-0.25, -0.2) is 0 Å². The molecule has 18 heavy (non-hydrogen) atoms. The van der Waals surface area contributed by atoms with Crippen molar-refractivity contribution in [3.8, 4) is 0 Å². The molecule has 1 aliphatic heterocycles. The quantitative estimate of drug-likeness (QED) is 0.771. The van der Waals surface area contributed by atoms with Crippen LogP contribution in [0.4, 0.5) is 0 Å². The Morgan fingerprint density at radius 2 is 2.17 bits per heavy atom. The smallest absolute Gasteiger partial charge is 0.254 e. The molecule has 1 unspecified atom stereocenters. The molecular formula is C14H19ClN2O. The van der Waals surface area contributed by atoms with Crippen LogP contribution in [0.25, 0.3) is 0 Å². The van der Waals surface area contributed by atoms with Crippen LogP contribution in [-0.2, 0) is 0 Å². The van der Waals surface area contributed by atoms with Crippen LogP contribution in [-0.4, -0.2) is 34.3 Å². The minimum atomic E-state index is 0.121. The summed E-state index contributed by atoms with van der Waals surface area (Å²) >= 11 is 6.11. The van der Waals surface area contributed by atoms with Gasteiger partial charge in [-0.1, -0.05) is 0 Å². The molecule has 1 amide bonds. The summed E-state index contributed by atoms with van der Waals surface area (Å²) in [6.07, 6.45) is 5.41. The van der Waals surface area contributed by atoms with Gasteiger partial charge in [0.15, 0.2) is 0 Å². The molecule has 0 aromatic carbocycles. The normalized spacial score (nSPS) is 18.7. The van der Waals surface area contributed by atoms with Gasteiger partial charge in [0.25, 0.3) is 5.91 Å². The zero-order valence-electron chi connectivity index (χ0n) is 10.9. The maximum Gasteiger partial charge on any atom is 0.254 e. The van der Waals surface area contributed by atoms with Crippen molar-refractivity contribution in [1.82, 2.24) is 9.88 Å². The minimum Gasteiger partial charge on any atom is -0.339 e. The van der Waals surface area contributed by atoms with Gasteiger partial charge in [-0.05, 0) is 44.2 Å². The fourth-order valence-electron chi connectivity index (χ4n) is 2.45. The summed E-state index contributed by atoms with van der Waals surface area (Å²) in [7, 11) is 0. The zero-order chi connectivity index (χ0) is 13.1. The van der Waals surface area contributed by atoms with Crippen LogP contribution >= 0.6 is 11.6 Å². The van der Waals surface area contributed by atoms with Gasteiger partial charge in [0.2, 0.25) is 0 Å². The summed E-state index contributed by atoms with van der Waals surface area (Å²) in [4.78, 5) is 18.3. The fraction of sp³-hybridized carbons (Fsp3) is 0.571. The predicted octanol–water partition coefficient (Wildman–Crippen LogP) is 2.87. The summed E-state index contributed by atoms with van der Waals surface area (Å²) in [5.41, 5.74) is 1.71. The van der Waals surface area contributed by atoms with Gasteiger partial charge in [0.05, 0.1) is 0 Å². The third-order valence-electron chi connectivity index (χ3n) is 3.73. The first-order chi connectivity index (χ1) is 8.59. The highest BCUT2D eigenvalue weighted by Gasteiger charge is 2.26. The molecule has 1 aromatic heterocycles. The Bertz CT molecular complexity index is 426. The average Bonchev–Trinajstić information content (AvgIpc) is 2.38. The van der Waals surface area contributed by atoms with Crippen LogP contribution in [0.3, 0.4) is 0 Å². The summed E-state index contributed by atoms with van der Waals surface area (Å²) in [5, 5.41) is 0.199. The summed E-state index contributed by atoms with van der Waals surface area (Å²) < 4.78 is 0. The van der Waals surface area contributed by atoms with E-state index in [0.717, 1.165) is 37.1 Å². The monoisotopic (exact) mass is 266 g/mol. The number of halogens is 1. The number of likely N-dealkylation sites (tertiary alicyclic amines) is 1. The van der Waals surface area contributed by atoms with Crippen LogP contribution < -0.4 is 0 Å². The molecule has 2 rings (SSSR count). The van der Waals surface area contributed by atoms with E-state index in [1.807, 2.05) is 18.7 Å². The van der Waals surface area contributed by atoms with Crippen molar-refractivity contribution in [2.75, 3.05) is 13.1 Å². The molecule has 98 valence electrons. The second kappa shape index (κ2) is 5.70. The van der Waals surface area contributed by atoms with E-state index in [9.17, 15) is 4.79 Å². The largest absolute Gasteiger partial charge is 0.339 e. The lowest BCUT2D eigenvalue weighted by Gasteiger charge is -2.33. The Kier molecular flexibility index (Phi) is 4.23. The Morgan fingerprint density at radius 3 is 2.72 bits per heavy atom. The first-order valence-electron chi connectivity index (χ1n) is 6.43. The number of aryl methyl sites for hydroxylation is 1. The average molecular weight is 267 g/mol. The number of piperidine rings is 1. The third-order valence-corrected chi connectivity index (χ3v) is 4.08. The number of pyridine rings is 1. The molecule has 0 bridgehead atoms. The second-order valence-electron chi connectivity index (χ2n) is 5.00. The number of carbonyl (C=O) groups excluding carboxylic acids is 1. The second-order valence-corrected chi connectivity index (χ2v) is 5.69. The van der Waals surface area contributed by atoms with E-state index in [-0.39, 0.29) is 11.3 Å². The molecule has 4 heteroatoms. The number of carbonyl (C=O) groups is 1. The minimum absolute atomic E-state index is 0.121. The van der Waals surface area contributed by atoms with Crippen molar-refractivity contribution >= 4 is 17.5 Å². The van der Waals surface area contributed by atoms with Crippen molar-refractivity contribution in [1.29, 1.82) is 0 Å². The molecule has 1 atom stereocenters. The fourth-order valence-corrected chi connectivity index (χ4v) is 2.70. The highest BCUT2D eigenvalue weighted by molar-refractivity contribution is 6.20. The summed E-state index contributed by atoms with van der Waals surface area (Å²) in [5.74, 6) is 0.657. The maximum atomic E-state index is 12.4. The molecule has 1 aliphatic rings. The van der Waals surface area contributed by atoms with Gasteiger partial charge in [-0.15, -0.1) is 11.6 Å². The number of alkyl halides is 1. The number of rotatable bonds is 2. The molecule has 1 fully saturated rings. The molecular weight excluding hydrogens is 248 g/mol. The van der Waals surface area contributed by atoms with Gasteiger partial charge in [-0.2, -0.15) is 0 Å². The third kappa shape index (κ3) is 2.83. The van der Waals surface area contributed by atoms with Gasteiger partial charge < -0.3 is 4.90 Å². The molecule has 0 spiro atoms. The lowest BCUT2D eigenvalue weighted by atomic mass is 9.93. The maximum absolute atomic E-state index is 12.4. The van der Waals surface area contributed by atoms with Gasteiger partial charge in [-0.3, -0.25) is 9.78 Å². The molecule has 1 saturated heterocycles. The van der Waals surface area contributed by atoms with E-state index in [4.69, 9.17) is 11.6 Å². The summed E-state index contributed by atoms with van der Waals surface area (Å²) in [6.45, 7) is 5.58. The van der Waals surface area contributed by atoms with Crippen LogP contribution in [0.2, 0.25) is 0 Å². The van der Waals surface area contributed by atoms with E-state index in [1.54, 1.807) is 18.5 Å². The van der Waals surface area contributed by atoms with Crippen molar-refractivity contribution in [2.24, 2.45) is 5.92 Å². The zero-order valence-corrected chi connectivity index (χ0v) is 11.7. The summed E-state index contributed by atoms with van der Waals surface area (Å²) in [6, 6.07) is 1.80. The first-order valence-corrected chi connectivity index (χ1v) is 6.87. The Morgan fingerprint density at radius 1 is 1.50 bits per heavy atom. The number of amides is 1. The number of hydrogen-bond acceptors (Lipinski definition) is 2. The number of hydrogen-bond donors (Lipinski definition) is 0. The van der Waals surface area contributed by atoms with Crippen molar-refractivity contribution in [3.63, 3.8) is 0 Å². The van der Waals surface area contributed by atoms with E-state index >= 15 is 0 Å². The lowest BCUT2D eigenvalue weighted by Crippen LogP contribution is -2.40. The van der Waals surface area contributed by atoms with Gasteiger partial charge >= 0.3 is 0 Å². The van der Waals surface area contributed by atoms with Crippen molar-refractivity contribution in [2.45, 2.75) is 32.1 Å². The van der Waals surface area contributed by atoms with E-state index < -0.39 is 0 Å². The first kappa shape index (κ1) is 13.3. The predicted molar refractivity (Wildman–Crippen MR) is 72.9 cm³/mol. The molecule has 0 radical (unpaired) electrons. The highest BCUT2D eigenvalue weighted by Crippen LogP contribution is 2.25. The van der Waals surface area contributed by atoms with Crippen LogP contribution in [0.5, 0.6) is 0 Å². The van der Waals surface area contributed by atoms with Crippen LogP contribution in [0.1, 0.15) is 35.7 Å². The van der Waals surface area contributed by atoms with E-state index in [2.05, 4.69) is 4.98 Å². The van der Waals surface area contributed by atoms with Crippen LogP contribution in [0, 0.1) is 12.8 Å². The number of aromatic nitrogens is 1. The SMILES string of the molecule is Cc1cnccc1C(=O)N1CCC(C(C)Cl)CC1.